The second kappa shape index (κ2) is 6.39. The van der Waals surface area contributed by atoms with Crippen molar-refractivity contribution in [1.29, 1.82) is 0 Å². The van der Waals surface area contributed by atoms with Crippen molar-refractivity contribution in [3.63, 3.8) is 0 Å². The lowest BCUT2D eigenvalue weighted by atomic mass is 10.1. The Morgan fingerprint density at radius 3 is 2.46 bits per heavy atom. The van der Waals surface area contributed by atoms with Crippen LogP contribution in [0, 0.1) is 0 Å². The van der Waals surface area contributed by atoms with Gasteiger partial charge in [0, 0.05) is 22.7 Å². The Labute approximate surface area is 147 Å². The quantitative estimate of drug-likeness (QED) is 0.566. The van der Waals surface area contributed by atoms with Crippen LogP contribution in [0.1, 0.15) is 5.56 Å². The maximum absolute atomic E-state index is 13.0. The fourth-order valence-electron chi connectivity index (χ4n) is 2.39. The van der Waals surface area contributed by atoms with E-state index in [1.807, 2.05) is 0 Å². The Balaban J connectivity index is 2.04. The SMILES string of the molecule is FC(F)(F)COc1cnccc1-c1cc2cc(C(F)(F)F)c(Cl)cc2[nH]1. The number of H-pyrrole nitrogens is 1. The third-order valence-corrected chi connectivity index (χ3v) is 3.79. The van der Waals surface area contributed by atoms with Gasteiger partial charge in [0.2, 0.25) is 0 Å². The maximum Gasteiger partial charge on any atom is 0.422 e. The highest BCUT2D eigenvalue weighted by molar-refractivity contribution is 6.32. The third-order valence-electron chi connectivity index (χ3n) is 3.48. The molecular weight excluding hydrogens is 386 g/mol. The Kier molecular flexibility index (Phi) is 4.51. The summed E-state index contributed by atoms with van der Waals surface area (Å²) in [7, 11) is 0. The lowest BCUT2D eigenvalue weighted by Crippen LogP contribution is -2.19. The predicted molar refractivity (Wildman–Crippen MR) is 83.1 cm³/mol. The molecule has 26 heavy (non-hydrogen) atoms. The molecule has 0 amide bonds. The zero-order valence-electron chi connectivity index (χ0n) is 12.7. The molecule has 3 nitrogen and oxygen atoms in total. The number of nitrogens with zero attached hydrogens (tertiary/aromatic N) is 1. The summed E-state index contributed by atoms with van der Waals surface area (Å²) in [6.45, 7) is -1.52. The van der Waals surface area contributed by atoms with E-state index in [1.54, 1.807) is 0 Å². The smallest absolute Gasteiger partial charge is 0.422 e. The average molecular weight is 395 g/mol. The van der Waals surface area contributed by atoms with E-state index in [0.717, 1.165) is 18.3 Å². The van der Waals surface area contributed by atoms with Crippen LogP contribution >= 0.6 is 11.6 Å². The molecule has 1 N–H and O–H groups in total. The van der Waals surface area contributed by atoms with Gasteiger partial charge < -0.3 is 9.72 Å². The van der Waals surface area contributed by atoms with Gasteiger partial charge in [-0.2, -0.15) is 26.3 Å². The first-order valence-corrected chi connectivity index (χ1v) is 7.46. The molecule has 138 valence electrons. The number of fused-ring (bicyclic) bond motifs is 1. The molecular formula is C16H9ClF6N2O. The highest BCUT2D eigenvalue weighted by Crippen LogP contribution is 2.39. The van der Waals surface area contributed by atoms with E-state index >= 15 is 0 Å². The van der Waals surface area contributed by atoms with Gasteiger partial charge in [-0.15, -0.1) is 0 Å². The normalized spacial score (nSPS) is 12.6. The highest BCUT2D eigenvalue weighted by atomic mass is 35.5. The summed E-state index contributed by atoms with van der Waals surface area (Å²) in [5.74, 6) is -0.154. The van der Waals surface area contributed by atoms with Gasteiger partial charge in [0.1, 0.15) is 5.75 Å². The van der Waals surface area contributed by atoms with Crippen molar-refractivity contribution in [2.45, 2.75) is 12.4 Å². The molecule has 0 aliphatic carbocycles. The fraction of sp³-hybridized carbons (Fsp3) is 0.188. The summed E-state index contributed by atoms with van der Waals surface area (Å²) >= 11 is 5.67. The summed E-state index contributed by atoms with van der Waals surface area (Å²) < 4.78 is 80.7. The van der Waals surface area contributed by atoms with Gasteiger partial charge in [0.15, 0.2) is 6.61 Å². The van der Waals surface area contributed by atoms with Crippen LogP contribution in [0.25, 0.3) is 22.2 Å². The molecule has 0 unspecified atom stereocenters. The monoisotopic (exact) mass is 394 g/mol. The van der Waals surface area contributed by atoms with E-state index in [4.69, 9.17) is 16.3 Å². The number of rotatable bonds is 3. The molecule has 10 heteroatoms. The topological polar surface area (TPSA) is 37.9 Å². The Morgan fingerprint density at radius 1 is 1.08 bits per heavy atom. The van der Waals surface area contributed by atoms with Crippen LogP contribution in [0.4, 0.5) is 26.3 Å². The molecule has 0 radical (unpaired) electrons. The molecule has 0 atom stereocenters. The van der Waals surface area contributed by atoms with Gasteiger partial charge in [-0.1, -0.05) is 11.6 Å². The van der Waals surface area contributed by atoms with Crippen LogP contribution in [0.15, 0.2) is 36.7 Å². The van der Waals surface area contributed by atoms with Crippen LogP contribution in [0.3, 0.4) is 0 Å². The number of alkyl halides is 6. The summed E-state index contributed by atoms with van der Waals surface area (Å²) in [5.41, 5.74) is -0.197. The molecule has 2 heterocycles. The number of halogens is 7. The van der Waals surface area contributed by atoms with Crippen molar-refractivity contribution in [2.24, 2.45) is 0 Å². The number of aromatic amines is 1. The molecule has 0 bridgehead atoms. The molecule has 0 fully saturated rings. The minimum atomic E-state index is -4.62. The fourth-order valence-corrected chi connectivity index (χ4v) is 2.66. The Hall–Kier alpha value is -2.42. The number of hydrogen-bond acceptors (Lipinski definition) is 2. The van der Waals surface area contributed by atoms with Crippen LogP contribution in [0.2, 0.25) is 5.02 Å². The van der Waals surface area contributed by atoms with Gasteiger partial charge in [-0.25, -0.2) is 0 Å². The molecule has 3 rings (SSSR count). The largest absolute Gasteiger partial charge is 0.482 e. The van der Waals surface area contributed by atoms with Crippen molar-refractivity contribution >= 4 is 22.5 Å². The van der Waals surface area contributed by atoms with E-state index in [2.05, 4.69) is 9.97 Å². The van der Waals surface area contributed by atoms with E-state index in [9.17, 15) is 26.3 Å². The predicted octanol–water partition coefficient (Wildman–Crippen LogP) is 5.84. The Morgan fingerprint density at radius 2 is 1.81 bits per heavy atom. The summed E-state index contributed by atoms with van der Waals surface area (Å²) in [6, 6.07) is 4.75. The Bertz CT molecular complexity index is 948. The molecule has 1 aromatic carbocycles. The zero-order chi connectivity index (χ0) is 19.1. The first kappa shape index (κ1) is 18.4. The first-order chi connectivity index (χ1) is 12.0. The summed E-state index contributed by atoms with van der Waals surface area (Å²) in [5, 5.41) is -0.281. The first-order valence-electron chi connectivity index (χ1n) is 7.08. The maximum atomic E-state index is 13.0. The van der Waals surface area contributed by atoms with Crippen molar-refractivity contribution in [2.75, 3.05) is 6.61 Å². The second-order valence-corrected chi connectivity index (χ2v) is 5.78. The third kappa shape index (κ3) is 3.87. The molecule has 0 saturated carbocycles. The van der Waals surface area contributed by atoms with Crippen LogP contribution in [-0.4, -0.2) is 22.8 Å². The molecule has 3 aromatic rings. The van der Waals surface area contributed by atoms with E-state index < -0.39 is 29.5 Å². The van der Waals surface area contributed by atoms with Gasteiger partial charge >= 0.3 is 12.4 Å². The van der Waals surface area contributed by atoms with Crippen molar-refractivity contribution in [1.82, 2.24) is 9.97 Å². The number of pyridine rings is 1. The van der Waals surface area contributed by atoms with Crippen LogP contribution in [0.5, 0.6) is 5.75 Å². The van der Waals surface area contributed by atoms with E-state index in [-0.39, 0.29) is 22.4 Å². The van der Waals surface area contributed by atoms with Gasteiger partial charge in [-0.05, 0) is 24.3 Å². The van der Waals surface area contributed by atoms with Crippen LogP contribution < -0.4 is 4.74 Å². The highest BCUT2D eigenvalue weighted by Gasteiger charge is 2.33. The average Bonchev–Trinajstić information content (AvgIpc) is 2.93. The summed E-state index contributed by atoms with van der Waals surface area (Å²) in [4.78, 5) is 6.54. The van der Waals surface area contributed by atoms with Crippen molar-refractivity contribution in [3.8, 4) is 17.0 Å². The number of benzene rings is 1. The number of ether oxygens (including phenoxy) is 1. The zero-order valence-corrected chi connectivity index (χ0v) is 13.4. The molecule has 2 aromatic heterocycles. The lowest BCUT2D eigenvalue weighted by molar-refractivity contribution is -0.153. The molecule has 0 aliphatic rings. The van der Waals surface area contributed by atoms with E-state index in [1.165, 1.54) is 18.3 Å². The van der Waals surface area contributed by atoms with Crippen molar-refractivity contribution in [3.05, 3.63) is 47.2 Å². The minimum absolute atomic E-state index is 0.154. The standard InChI is InChI=1S/C16H9ClF6N2O/c17-11-5-12-8(3-10(11)16(21,22)23)4-13(25-12)9-1-2-24-6-14(9)26-7-15(18,19)20/h1-6,25H,7H2. The van der Waals surface area contributed by atoms with E-state index in [0.29, 0.717) is 5.52 Å². The van der Waals surface area contributed by atoms with Gasteiger partial charge in [0.05, 0.1) is 22.5 Å². The van der Waals surface area contributed by atoms with Gasteiger partial charge in [0.25, 0.3) is 0 Å². The number of hydrogen-bond donors (Lipinski definition) is 1. The molecule has 0 spiro atoms. The minimum Gasteiger partial charge on any atom is -0.482 e. The lowest BCUT2D eigenvalue weighted by Gasteiger charge is -2.11. The number of aromatic nitrogens is 2. The van der Waals surface area contributed by atoms with Crippen LogP contribution in [-0.2, 0) is 6.18 Å². The molecule has 0 saturated heterocycles. The summed E-state index contributed by atoms with van der Waals surface area (Å²) in [6.07, 6.45) is -6.74. The van der Waals surface area contributed by atoms with Gasteiger partial charge in [-0.3, -0.25) is 4.98 Å². The molecule has 0 aliphatic heterocycles. The second-order valence-electron chi connectivity index (χ2n) is 5.38. The number of nitrogens with one attached hydrogen (secondary N) is 1. The van der Waals surface area contributed by atoms with Crippen molar-refractivity contribution < 1.29 is 31.1 Å².